The largest absolute Gasteiger partial charge is 0.508 e. The van der Waals surface area contributed by atoms with E-state index in [1.54, 1.807) is 0 Å². The topological polar surface area (TPSA) is 83.8 Å². The average Bonchev–Trinajstić information content (AvgIpc) is 2.48. The molecule has 118 valence electrons. The third-order valence-electron chi connectivity index (χ3n) is 3.09. The molecule has 0 bridgehead atoms. The SMILES string of the molecule is CCCC(O)Oc1ccc(S(=O)(=O)c2ccc(O)cc2)cc1. The average molecular weight is 322 g/mol. The predicted octanol–water partition coefficient (Wildman–Crippen LogP) is 2.72. The summed E-state index contributed by atoms with van der Waals surface area (Å²) < 4.78 is 30.1. The van der Waals surface area contributed by atoms with Crippen molar-refractivity contribution in [3.63, 3.8) is 0 Å². The number of benzene rings is 2. The van der Waals surface area contributed by atoms with Crippen LogP contribution in [0.5, 0.6) is 11.5 Å². The predicted molar refractivity (Wildman–Crippen MR) is 81.5 cm³/mol. The van der Waals surface area contributed by atoms with Gasteiger partial charge in [-0.25, -0.2) is 8.42 Å². The Balaban J connectivity index is 2.20. The lowest BCUT2D eigenvalue weighted by molar-refractivity contribution is -0.0233. The van der Waals surface area contributed by atoms with Crippen LogP contribution in [-0.4, -0.2) is 24.9 Å². The van der Waals surface area contributed by atoms with E-state index in [1.165, 1.54) is 48.5 Å². The fraction of sp³-hybridized carbons (Fsp3) is 0.250. The summed E-state index contributed by atoms with van der Waals surface area (Å²) in [5.41, 5.74) is 0. The monoisotopic (exact) mass is 322 g/mol. The molecule has 1 atom stereocenters. The van der Waals surface area contributed by atoms with Crippen LogP contribution in [0.3, 0.4) is 0 Å². The molecule has 6 heteroatoms. The van der Waals surface area contributed by atoms with E-state index in [-0.39, 0.29) is 15.5 Å². The Bertz CT molecular complexity index is 705. The summed E-state index contributed by atoms with van der Waals surface area (Å²) in [5, 5.41) is 18.8. The van der Waals surface area contributed by atoms with Crippen LogP contribution in [0.15, 0.2) is 58.3 Å². The second-order valence-electron chi connectivity index (χ2n) is 4.83. The second kappa shape index (κ2) is 6.81. The molecule has 5 nitrogen and oxygen atoms in total. The summed E-state index contributed by atoms with van der Waals surface area (Å²) in [7, 11) is -3.64. The molecule has 0 spiro atoms. The van der Waals surface area contributed by atoms with Crippen LogP contribution in [0.4, 0.5) is 0 Å². The maximum Gasteiger partial charge on any atom is 0.206 e. The normalized spacial score (nSPS) is 12.8. The minimum atomic E-state index is -3.64. The molecule has 22 heavy (non-hydrogen) atoms. The molecule has 0 amide bonds. The highest BCUT2D eigenvalue weighted by atomic mass is 32.2. The molecule has 0 aromatic heterocycles. The fourth-order valence-electron chi connectivity index (χ4n) is 1.92. The van der Waals surface area contributed by atoms with Gasteiger partial charge >= 0.3 is 0 Å². The Labute approximate surface area is 129 Å². The Morgan fingerprint density at radius 1 is 1.00 bits per heavy atom. The Hall–Kier alpha value is -2.05. The van der Waals surface area contributed by atoms with Crippen molar-refractivity contribution in [1.82, 2.24) is 0 Å². The lowest BCUT2D eigenvalue weighted by Gasteiger charge is -2.13. The number of aliphatic hydroxyl groups is 1. The van der Waals surface area contributed by atoms with E-state index in [0.717, 1.165) is 6.42 Å². The van der Waals surface area contributed by atoms with Gasteiger partial charge in [0.05, 0.1) is 9.79 Å². The van der Waals surface area contributed by atoms with Crippen molar-refractivity contribution in [2.75, 3.05) is 0 Å². The van der Waals surface area contributed by atoms with Gasteiger partial charge in [0, 0.05) is 6.42 Å². The first-order chi connectivity index (χ1) is 10.4. The van der Waals surface area contributed by atoms with Crippen molar-refractivity contribution >= 4 is 9.84 Å². The van der Waals surface area contributed by atoms with E-state index in [2.05, 4.69) is 0 Å². The molecular formula is C16H18O5S. The van der Waals surface area contributed by atoms with Crippen LogP contribution in [0.1, 0.15) is 19.8 Å². The van der Waals surface area contributed by atoms with E-state index in [4.69, 9.17) is 4.74 Å². The molecule has 0 aliphatic heterocycles. The van der Waals surface area contributed by atoms with Gasteiger partial charge in [0.15, 0.2) is 6.29 Å². The van der Waals surface area contributed by atoms with Crippen LogP contribution in [-0.2, 0) is 9.84 Å². The summed E-state index contributed by atoms with van der Waals surface area (Å²) in [6.07, 6.45) is 0.395. The van der Waals surface area contributed by atoms with Crippen LogP contribution < -0.4 is 4.74 Å². The lowest BCUT2D eigenvalue weighted by atomic mass is 10.3. The zero-order chi connectivity index (χ0) is 16.2. The van der Waals surface area contributed by atoms with Gasteiger partial charge in [-0.2, -0.15) is 0 Å². The highest BCUT2D eigenvalue weighted by Gasteiger charge is 2.17. The smallest absolute Gasteiger partial charge is 0.206 e. The molecule has 0 aliphatic rings. The molecule has 0 fully saturated rings. The molecule has 2 aromatic rings. The van der Waals surface area contributed by atoms with Crippen molar-refractivity contribution in [3.8, 4) is 11.5 Å². The zero-order valence-corrected chi connectivity index (χ0v) is 13.0. The van der Waals surface area contributed by atoms with Crippen molar-refractivity contribution in [3.05, 3.63) is 48.5 Å². The standard InChI is InChI=1S/C16H18O5S/c1-2-3-16(18)21-13-6-10-15(11-7-13)22(19,20)14-8-4-12(17)5-9-14/h4-11,16-18H,2-3H2,1H3. The Morgan fingerprint density at radius 2 is 1.50 bits per heavy atom. The van der Waals surface area contributed by atoms with Gasteiger partial charge in [-0.05, 0) is 48.5 Å². The minimum Gasteiger partial charge on any atom is -0.508 e. The molecular weight excluding hydrogens is 304 g/mol. The number of phenolic OH excluding ortho intramolecular Hbond substituents is 1. The quantitative estimate of drug-likeness (QED) is 0.799. The van der Waals surface area contributed by atoms with Crippen LogP contribution in [0.25, 0.3) is 0 Å². The first kappa shape index (κ1) is 16.3. The summed E-state index contributed by atoms with van der Waals surface area (Å²) in [6, 6.07) is 11.2. The number of hydrogen-bond acceptors (Lipinski definition) is 5. The third kappa shape index (κ3) is 3.78. The van der Waals surface area contributed by atoms with Crippen molar-refractivity contribution in [1.29, 1.82) is 0 Å². The van der Waals surface area contributed by atoms with Gasteiger partial charge in [0.25, 0.3) is 0 Å². The second-order valence-corrected chi connectivity index (χ2v) is 6.78. The maximum absolute atomic E-state index is 12.4. The van der Waals surface area contributed by atoms with Gasteiger partial charge in [-0.15, -0.1) is 0 Å². The first-order valence-electron chi connectivity index (χ1n) is 6.92. The molecule has 0 radical (unpaired) electrons. The van der Waals surface area contributed by atoms with Crippen molar-refractivity contribution in [2.24, 2.45) is 0 Å². The van der Waals surface area contributed by atoms with Crippen LogP contribution in [0, 0.1) is 0 Å². The summed E-state index contributed by atoms with van der Waals surface area (Å²) >= 11 is 0. The molecule has 0 heterocycles. The fourth-order valence-corrected chi connectivity index (χ4v) is 3.18. The third-order valence-corrected chi connectivity index (χ3v) is 4.87. The van der Waals surface area contributed by atoms with E-state index in [9.17, 15) is 18.6 Å². The summed E-state index contributed by atoms with van der Waals surface area (Å²) in [5.74, 6) is 0.415. The number of sulfone groups is 1. The zero-order valence-electron chi connectivity index (χ0n) is 12.1. The number of hydrogen-bond donors (Lipinski definition) is 2. The Morgan fingerprint density at radius 3 is 2.00 bits per heavy atom. The van der Waals surface area contributed by atoms with Gasteiger partial charge in [0.2, 0.25) is 9.84 Å². The van der Waals surface area contributed by atoms with Crippen molar-refractivity contribution < 1.29 is 23.4 Å². The molecule has 1 unspecified atom stereocenters. The van der Waals surface area contributed by atoms with Crippen molar-refractivity contribution in [2.45, 2.75) is 35.8 Å². The molecule has 0 aliphatic carbocycles. The maximum atomic E-state index is 12.4. The molecule has 2 N–H and O–H groups in total. The summed E-state index contributed by atoms with van der Waals surface area (Å²) in [4.78, 5) is 0.223. The molecule has 2 aromatic carbocycles. The van der Waals surface area contributed by atoms with E-state index < -0.39 is 16.1 Å². The molecule has 0 saturated heterocycles. The number of rotatable bonds is 6. The number of aromatic hydroxyl groups is 1. The summed E-state index contributed by atoms with van der Waals surface area (Å²) in [6.45, 7) is 1.93. The van der Waals surface area contributed by atoms with Crippen LogP contribution >= 0.6 is 0 Å². The van der Waals surface area contributed by atoms with E-state index in [0.29, 0.717) is 12.2 Å². The van der Waals surface area contributed by atoms with Gasteiger partial charge in [0.1, 0.15) is 11.5 Å². The molecule has 0 saturated carbocycles. The Kier molecular flexibility index (Phi) is 5.05. The highest BCUT2D eigenvalue weighted by molar-refractivity contribution is 7.91. The van der Waals surface area contributed by atoms with Gasteiger partial charge in [-0.3, -0.25) is 0 Å². The number of phenols is 1. The number of aliphatic hydroxyl groups excluding tert-OH is 1. The first-order valence-corrected chi connectivity index (χ1v) is 8.40. The molecule has 2 rings (SSSR count). The minimum absolute atomic E-state index is 0.00705. The van der Waals surface area contributed by atoms with Gasteiger partial charge < -0.3 is 14.9 Å². The van der Waals surface area contributed by atoms with Crippen LogP contribution in [0.2, 0.25) is 0 Å². The van der Waals surface area contributed by atoms with E-state index in [1.807, 2.05) is 6.92 Å². The van der Waals surface area contributed by atoms with Gasteiger partial charge in [-0.1, -0.05) is 13.3 Å². The van der Waals surface area contributed by atoms with E-state index >= 15 is 0 Å². The number of ether oxygens (including phenoxy) is 1. The highest BCUT2D eigenvalue weighted by Crippen LogP contribution is 2.24. The lowest BCUT2D eigenvalue weighted by Crippen LogP contribution is -2.14.